The van der Waals surface area contributed by atoms with Crippen LogP contribution in [0.5, 0.6) is 17.2 Å². The van der Waals surface area contributed by atoms with Crippen LogP contribution in [0.15, 0.2) is 48.0 Å². The summed E-state index contributed by atoms with van der Waals surface area (Å²) in [4.78, 5) is 53.2. The number of aromatic hydroxyl groups is 1. The molecule has 0 aromatic heterocycles. The second-order valence-electron chi connectivity index (χ2n) is 11.2. The molecule has 4 amide bonds. The second-order valence-corrected chi connectivity index (χ2v) is 12.5. The van der Waals surface area contributed by atoms with Gasteiger partial charge in [-0.15, -0.1) is 23.2 Å². The van der Waals surface area contributed by atoms with Crippen LogP contribution in [0.3, 0.4) is 0 Å². The number of hydrogen-bond donors (Lipinski definition) is 3. The molecule has 1 saturated carbocycles. The van der Waals surface area contributed by atoms with Crippen molar-refractivity contribution in [3.05, 3.63) is 53.6 Å². The van der Waals surface area contributed by atoms with Crippen LogP contribution in [0.1, 0.15) is 24.3 Å². The number of anilines is 1. The Morgan fingerprint density at radius 2 is 1.60 bits per heavy atom. The normalized spacial score (nSPS) is 31.5. The average Bonchev–Trinajstić information content (AvgIpc) is 3.31. The van der Waals surface area contributed by atoms with Gasteiger partial charge >= 0.3 is 7.12 Å². The van der Waals surface area contributed by atoms with Gasteiger partial charge in [0.15, 0.2) is 9.75 Å². The molecule has 11 nitrogen and oxygen atoms in total. The molecule has 14 heteroatoms. The zero-order valence-corrected chi connectivity index (χ0v) is 24.8. The molecule has 2 saturated heterocycles. The number of carbonyl (C=O) groups is 4. The zero-order chi connectivity index (χ0) is 31.2. The molecule has 2 heterocycles. The highest BCUT2D eigenvalue weighted by Crippen LogP contribution is 2.67. The summed E-state index contributed by atoms with van der Waals surface area (Å²) < 4.78 is 11.2. The standard InChI is InChI=1S/C29H27BCl2N2O9/c1-33-26(38)28(31)12-18-16(23(29(28,32)27(33)39)22-19(42-2)10-15(35)11-20(22)43-3)7-8-17-21(18)25(37)34(24(17)36)14-6-4-5-13(9-14)30(40)41/h4-7,9-11,17-18,21,23,35,40-41H,8,12H2,1-3H3/t17-,18+,21-,23+,28+,29-/m0/s1. The minimum atomic E-state index is -2.07. The first-order chi connectivity index (χ1) is 20.3. The van der Waals surface area contributed by atoms with Crippen LogP contribution >= 0.6 is 23.2 Å². The number of allylic oxidation sites excluding steroid dienone is 2. The quantitative estimate of drug-likeness (QED) is 0.192. The largest absolute Gasteiger partial charge is 0.508 e. The molecule has 2 aliphatic carbocycles. The number of likely N-dealkylation sites (tertiary alicyclic amines) is 1. The van der Waals surface area contributed by atoms with E-state index in [0.717, 1.165) is 9.80 Å². The summed E-state index contributed by atoms with van der Waals surface area (Å²) in [6.45, 7) is 0. The minimum Gasteiger partial charge on any atom is -0.508 e. The number of fused-ring (bicyclic) bond motifs is 4. The smallest absolute Gasteiger partial charge is 0.488 e. The number of benzene rings is 2. The van der Waals surface area contributed by atoms with Crippen molar-refractivity contribution in [2.75, 3.05) is 26.2 Å². The van der Waals surface area contributed by atoms with E-state index in [1.807, 2.05) is 0 Å². The van der Waals surface area contributed by atoms with E-state index in [1.165, 1.54) is 57.7 Å². The number of alkyl halides is 2. The summed E-state index contributed by atoms with van der Waals surface area (Å²) in [6.07, 6.45) is 1.68. The Hall–Kier alpha value is -3.58. The topological polar surface area (TPSA) is 154 Å². The van der Waals surface area contributed by atoms with E-state index in [4.69, 9.17) is 32.7 Å². The Morgan fingerprint density at radius 3 is 2.21 bits per heavy atom. The number of rotatable bonds is 5. The third-order valence-electron chi connectivity index (χ3n) is 9.26. The third-order valence-corrected chi connectivity index (χ3v) is 10.7. The maximum Gasteiger partial charge on any atom is 0.488 e. The first kappa shape index (κ1) is 29.5. The van der Waals surface area contributed by atoms with Crippen molar-refractivity contribution in [2.24, 2.45) is 17.8 Å². The number of halogens is 2. The van der Waals surface area contributed by atoms with Crippen molar-refractivity contribution in [1.82, 2.24) is 4.90 Å². The van der Waals surface area contributed by atoms with Crippen LogP contribution in [0.4, 0.5) is 5.69 Å². The average molecular weight is 629 g/mol. The van der Waals surface area contributed by atoms with E-state index in [-0.39, 0.29) is 46.8 Å². The molecule has 4 aliphatic rings. The molecule has 0 spiro atoms. The molecule has 3 N–H and O–H groups in total. The minimum absolute atomic E-state index is 0.0979. The Morgan fingerprint density at radius 1 is 0.953 bits per heavy atom. The third kappa shape index (κ3) is 3.83. The Balaban J connectivity index is 1.55. The summed E-state index contributed by atoms with van der Waals surface area (Å²) >= 11 is 14.4. The van der Waals surface area contributed by atoms with E-state index in [9.17, 15) is 34.3 Å². The number of hydrogen-bond acceptors (Lipinski definition) is 9. The molecule has 0 unspecified atom stereocenters. The van der Waals surface area contributed by atoms with Crippen LogP contribution in [0, 0.1) is 17.8 Å². The number of imide groups is 2. The fraction of sp³-hybridized carbons (Fsp3) is 0.379. The number of amides is 4. The fourth-order valence-electron chi connectivity index (χ4n) is 7.35. The lowest BCUT2D eigenvalue weighted by molar-refractivity contribution is -0.138. The van der Waals surface area contributed by atoms with Gasteiger partial charge in [0.2, 0.25) is 11.8 Å². The first-order valence-corrected chi connectivity index (χ1v) is 14.3. The van der Waals surface area contributed by atoms with Crippen molar-refractivity contribution >= 4 is 65.1 Å². The molecule has 2 aliphatic heterocycles. The number of nitrogens with zero attached hydrogens (tertiary/aromatic N) is 2. The molecule has 2 aromatic rings. The van der Waals surface area contributed by atoms with Crippen molar-refractivity contribution in [3.63, 3.8) is 0 Å². The van der Waals surface area contributed by atoms with Gasteiger partial charge in [0.05, 0.1) is 31.7 Å². The number of ether oxygens (including phenoxy) is 2. The molecule has 224 valence electrons. The van der Waals surface area contributed by atoms with Crippen molar-refractivity contribution in [3.8, 4) is 17.2 Å². The van der Waals surface area contributed by atoms with Crippen molar-refractivity contribution in [2.45, 2.75) is 28.5 Å². The van der Waals surface area contributed by atoms with Gasteiger partial charge in [0, 0.05) is 30.7 Å². The Labute approximate surface area is 256 Å². The number of carbonyl (C=O) groups excluding carboxylic acids is 4. The summed E-state index contributed by atoms with van der Waals surface area (Å²) in [7, 11) is 2.20. The van der Waals surface area contributed by atoms with Crippen LogP contribution in [0.25, 0.3) is 0 Å². The van der Waals surface area contributed by atoms with Gasteiger partial charge in [-0.3, -0.25) is 29.0 Å². The van der Waals surface area contributed by atoms with Gasteiger partial charge in [-0.1, -0.05) is 23.8 Å². The SMILES string of the molecule is COc1cc(O)cc(OC)c1[C@H]1C2=CC[C@@H]3C(=O)N(c4cccc(B(O)O)c4)C(=O)[C@@H]3[C@@H]2C[C@@]2(Cl)C(=O)N(C)C(=O)[C@@]12Cl. The van der Waals surface area contributed by atoms with E-state index in [1.54, 1.807) is 6.08 Å². The van der Waals surface area contributed by atoms with E-state index in [2.05, 4.69) is 0 Å². The Bertz CT molecular complexity index is 1610. The summed E-state index contributed by atoms with van der Waals surface area (Å²) in [5, 5.41) is 29.7. The fourth-order valence-corrected chi connectivity index (χ4v) is 8.35. The lowest BCUT2D eigenvalue weighted by atomic mass is 9.56. The highest BCUT2D eigenvalue weighted by Gasteiger charge is 2.76. The first-order valence-electron chi connectivity index (χ1n) is 13.5. The number of methoxy groups -OCH3 is 2. The van der Waals surface area contributed by atoms with Gasteiger partial charge in [-0.05, 0) is 36.4 Å². The molecular weight excluding hydrogens is 602 g/mol. The highest BCUT2D eigenvalue weighted by molar-refractivity contribution is 6.58. The summed E-state index contributed by atoms with van der Waals surface area (Å²) in [6, 6.07) is 8.47. The number of phenols is 1. The molecule has 43 heavy (non-hydrogen) atoms. The van der Waals surface area contributed by atoms with E-state index >= 15 is 0 Å². The predicted octanol–water partition coefficient (Wildman–Crippen LogP) is 1.28. The van der Waals surface area contributed by atoms with Gasteiger partial charge in [-0.25, -0.2) is 0 Å². The Kier molecular flexibility index (Phi) is 6.85. The molecule has 6 rings (SSSR count). The summed E-state index contributed by atoms with van der Waals surface area (Å²) in [5.74, 6) is -6.17. The monoisotopic (exact) mass is 628 g/mol. The lowest BCUT2D eigenvalue weighted by Gasteiger charge is -2.51. The van der Waals surface area contributed by atoms with Crippen LogP contribution in [-0.2, 0) is 19.2 Å². The molecule has 0 bridgehead atoms. The second kappa shape index (κ2) is 9.98. The van der Waals surface area contributed by atoms with Gasteiger partial charge in [-0.2, -0.15) is 0 Å². The summed E-state index contributed by atoms with van der Waals surface area (Å²) in [5.41, 5.74) is 1.05. The molecule has 0 radical (unpaired) electrons. The lowest BCUT2D eigenvalue weighted by Crippen LogP contribution is -2.60. The van der Waals surface area contributed by atoms with E-state index < -0.39 is 64.2 Å². The maximum atomic E-state index is 14.1. The zero-order valence-electron chi connectivity index (χ0n) is 23.3. The van der Waals surface area contributed by atoms with Crippen molar-refractivity contribution < 1.29 is 43.8 Å². The maximum absolute atomic E-state index is 14.1. The van der Waals surface area contributed by atoms with Crippen LogP contribution in [-0.4, -0.2) is 81.8 Å². The molecule has 2 aromatic carbocycles. The van der Waals surface area contributed by atoms with E-state index in [0.29, 0.717) is 5.57 Å². The van der Waals surface area contributed by atoms with Gasteiger partial charge in [0.25, 0.3) is 11.8 Å². The van der Waals surface area contributed by atoms with Crippen LogP contribution < -0.4 is 19.8 Å². The molecular formula is C29H27BCl2N2O9. The molecule has 3 fully saturated rings. The van der Waals surface area contributed by atoms with Gasteiger partial charge in [0.1, 0.15) is 17.2 Å². The number of phenolic OH excluding ortho intramolecular Hbond substituents is 1. The highest BCUT2D eigenvalue weighted by atomic mass is 35.5. The van der Waals surface area contributed by atoms with Crippen LogP contribution in [0.2, 0.25) is 0 Å². The van der Waals surface area contributed by atoms with Gasteiger partial charge < -0.3 is 24.6 Å². The molecule has 6 atom stereocenters. The predicted molar refractivity (Wildman–Crippen MR) is 155 cm³/mol. The van der Waals surface area contributed by atoms with Crippen molar-refractivity contribution in [1.29, 1.82) is 0 Å².